The van der Waals surface area contributed by atoms with E-state index in [0.717, 1.165) is 48.1 Å². The number of rotatable bonds is 8. The molecule has 0 bridgehead atoms. The molecule has 1 fully saturated rings. The second kappa shape index (κ2) is 9.85. The number of benzene rings is 1. The number of para-hydroxylation sites is 1. The van der Waals surface area contributed by atoms with Crippen LogP contribution in [0, 0.1) is 0 Å². The first-order chi connectivity index (χ1) is 13.3. The molecule has 7 nitrogen and oxygen atoms in total. The van der Waals surface area contributed by atoms with Gasteiger partial charge in [-0.2, -0.15) is 0 Å². The van der Waals surface area contributed by atoms with Crippen LogP contribution in [0.2, 0.25) is 0 Å². The first-order valence-electron chi connectivity index (χ1n) is 9.54. The number of aliphatic imine (C=N–C) groups is 1. The predicted molar refractivity (Wildman–Crippen MR) is 104 cm³/mol. The third kappa shape index (κ3) is 5.39. The normalized spacial score (nSPS) is 15.0. The van der Waals surface area contributed by atoms with Crippen LogP contribution in [0.25, 0.3) is 0 Å². The highest BCUT2D eigenvalue weighted by atomic mass is 16.5. The molecular weight excluding hydrogens is 344 g/mol. The quantitative estimate of drug-likeness (QED) is 0.547. The zero-order valence-electron chi connectivity index (χ0n) is 16.0. The van der Waals surface area contributed by atoms with Gasteiger partial charge in [-0.1, -0.05) is 17.3 Å². The Bertz CT molecular complexity index is 725. The maximum absolute atomic E-state index is 6.28. The summed E-state index contributed by atoms with van der Waals surface area (Å²) >= 11 is 0. The van der Waals surface area contributed by atoms with Crippen molar-refractivity contribution in [1.82, 2.24) is 15.8 Å². The summed E-state index contributed by atoms with van der Waals surface area (Å²) in [6.45, 7) is 3.85. The first-order valence-corrected chi connectivity index (χ1v) is 9.54. The minimum absolute atomic E-state index is 0.266. The number of hydrogen-bond acceptors (Lipinski definition) is 5. The highest BCUT2D eigenvalue weighted by molar-refractivity contribution is 5.79. The van der Waals surface area contributed by atoms with Gasteiger partial charge in [-0.25, -0.2) is 4.99 Å². The highest BCUT2D eigenvalue weighted by Crippen LogP contribution is 2.35. The van der Waals surface area contributed by atoms with Gasteiger partial charge in [0.15, 0.2) is 17.5 Å². The van der Waals surface area contributed by atoms with Crippen molar-refractivity contribution in [3.63, 3.8) is 0 Å². The topological polar surface area (TPSA) is 80.9 Å². The van der Waals surface area contributed by atoms with Gasteiger partial charge in [-0.3, -0.25) is 0 Å². The zero-order valence-corrected chi connectivity index (χ0v) is 16.0. The molecule has 0 saturated heterocycles. The van der Waals surface area contributed by atoms with Gasteiger partial charge in [-0.05, 0) is 38.7 Å². The minimum Gasteiger partial charge on any atom is -0.493 e. The highest BCUT2D eigenvalue weighted by Gasteiger charge is 2.20. The molecule has 1 heterocycles. The van der Waals surface area contributed by atoms with Gasteiger partial charge in [0.1, 0.15) is 12.0 Å². The average molecular weight is 372 g/mol. The summed E-state index contributed by atoms with van der Waals surface area (Å²) in [5.41, 5.74) is 1.84. The lowest BCUT2D eigenvalue weighted by atomic mass is 10.1. The fourth-order valence-corrected chi connectivity index (χ4v) is 3.16. The SMILES string of the molecule is CCNC(=NCc1cccc(OC)c1OC1CCCC1)NCc1ccon1. The second-order valence-electron chi connectivity index (χ2n) is 6.51. The van der Waals surface area contributed by atoms with Gasteiger partial charge in [0.05, 0.1) is 26.3 Å². The molecule has 3 rings (SSSR count). The summed E-state index contributed by atoms with van der Waals surface area (Å²) in [5, 5.41) is 10.4. The maximum Gasteiger partial charge on any atom is 0.191 e. The van der Waals surface area contributed by atoms with Crippen molar-refractivity contribution in [2.75, 3.05) is 13.7 Å². The van der Waals surface area contributed by atoms with E-state index in [2.05, 4.69) is 15.8 Å². The molecule has 0 unspecified atom stereocenters. The Hall–Kier alpha value is -2.70. The summed E-state index contributed by atoms with van der Waals surface area (Å²) in [6.07, 6.45) is 6.48. The number of aromatic nitrogens is 1. The van der Waals surface area contributed by atoms with Crippen LogP contribution in [-0.4, -0.2) is 30.9 Å². The smallest absolute Gasteiger partial charge is 0.191 e. The lowest BCUT2D eigenvalue weighted by Gasteiger charge is -2.19. The molecule has 1 aliphatic rings. The van der Waals surface area contributed by atoms with Gasteiger partial charge >= 0.3 is 0 Å². The molecule has 1 aromatic heterocycles. The van der Waals surface area contributed by atoms with Crippen LogP contribution in [-0.2, 0) is 13.1 Å². The molecule has 0 aliphatic heterocycles. The molecule has 0 radical (unpaired) electrons. The van der Waals surface area contributed by atoms with Gasteiger partial charge in [0.25, 0.3) is 0 Å². The minimum atomic E-state index is 0.266. The third-order valence-corrected chi connectivity index (χ3v) is 4.55. The lowest BCUT2D eigenvalue weighted by molar-refractivity contribution is 0.198. The summed E-state index contributed by atoms with van der Waals surface area (Å²) < 4.78 is 16.7. The fraction of sp³-hybridized carbons (Fsp3) is 0.500. The molecule has 146 valence electrons. The fourth-order valence-electron chi connectivity index (χ4n) is 3.16. The number of hydrogen-bond donors (Lipinski definition) is 2. The van der Waals surface area contributed by atoms with Crippen molar-refractivity contribution in [2.45, 2.75) is 51.8 Å². The van der Waals surface area contributed by atoms with Crippen LogP contribution in [0.15, 0.2) is 40.0 Å². The van der Waals surface area contributed by atoms with Crippen LogP contribution in [0.4, 0.5) is 0 Å². The van der Waals surface area contributed by atoms with E-state index in [-0.39, 0.29) is 6.10 Å². The van der Waals surface area contributed by atoms with Crippen molar-refractivity contribution in [3.05, 3.63) is 41.8 Å². The number of guanidine groups is 1. The number of nitrogens with one attached hydrogen (secondary N) is 2. The van der Waals surface area contributed by atoms with E-state index < -0.39 is 0 Å². The van der Waals surface area contributed by atoms with Gasteiger partial charge in [0.2, 0.25) is 0 Å². The molecular formula is C20H28N4O3. The molecule has 1 aliphatic carbocycles. The van der Waals surface area contributed by atoms with Crippen LogP contribution < -0.4 is 20.1 Å². The van der Waals surface area contributed by atoms with Crippen molar-refractivity contribution in [3.8, 4) is 11.5 Å². The summed E-state index contributed by atoms with van der Waals surface area (Å²) in [7, 11) is 1.67. The van der Waals surface area contributed by atoms with E-state index in [1.165, 1.54) is 12.8 Å². The second-order valence-corrected chi connectivity index (χ2v) is 6.51. The maximum atomic E-state index is 6.28. The van der Waals surface area contributed by atoms with E-state index in [0.29, 0.717) is 13.1 Å². The molecule has 0 spiro atoms. The first kappa shape index (κ1) is 19.1. The van der Waals surface area contributed by atoms with Crippen LogP contribution >= 0.6 is 0 Å². The Labute approximate surface area is 160 Å². The van der Waals surface area contributed by atoms with Crippen molar-refractivity contribution in [2.24, 2.45) is 4.99 Å². The largest absolute Gasteiger partial charge is 0.493 e. The predicted octanol–water partition coefficient (Wildman–Crippen LogP) is 3.26. The number of ether oxygens (including phenoxy) is 2. The average Bonchev–Trinajstić information content (AvgIpc) is 3.39. The molecule has 7 heteroatoms. The van der Waals surface area contributed by atoms with Crippen molar-refractivity contribution < 1.29 is 14.0 Å². The summed E-state index contributed by atoms with van der Waals surface area (Å²) in [4.78, 5) is 4.69. The van der Waals surface area contributed by atoms with Crippen molar-refractivity contribution in [1.29, 1.82) is 0 Å². The van der Waals surface area contributed by atoms with Crippen LogP contribution in [0.3, 0.4) is 0 Å². The number of nitrogens with zero attached hydrogens (tertiary/aromatic N) is 2. The van der Waals surface area contributed by atoms with Crippen LogP contribution in [0.5, 0.6) is 11.5 Å². The Kier molecular flexibility index (Phi) is 6.96. The Balaban J connectivity index is 1.72. The molecule has 0 atom stereocenters. The van der Waals surface area contributed by atoms with E-state index in [1.54, 1.807) is 13.4 Å². The molecule has 0 amide bonds. The summed E-state index contributed by atoms with van der Waals surface area (Å²) in [6, 6.07) is 7.77. The molecule has 27 heavy (non-hydrogen) atoms. The molecule has 2 aromatic rings. The third-order valence-electron chi connectivity index (χ3n) is 4.55. The van der Waals surface area contributed by atoms with Crippen LogP contribution in [0.1, 0.15) is 43.9 Å². The Morgan fingerprint density at radius 1 is 1.26 bits per heavy atom. The van der Waals surface area contributed by atoms with Gasteiger partial charge < -0.3 is 24.6 Å². The number of methoxy groups -OCH3 is 1. The Morgan fingerprint density at radius 3 is 2.81 bits per heavy atom. The molecule has 2 N–H and O–H groups in total. The van der Waals surface area contributed by atoms with E-state index in [4.69, 9.17) is 19.0 Å². The van der Waals surface area contributed by atoms with E-state index in [1.807, 2.05) is 31.2 Å². The Morgan fingerprint density at radius 2 is 2.11 bits per heavy atom. The van der Waals surface area contributed by atoms with E-state index >= 15 is 0 Å². The van der Waals surface area contributed by atoms with Gasteiger partial charge in [-0.15, -0.1) is 0 Å². The lowest BCUT2D eigenvalue weighted by Crippen LogP contribution is -2.36. The van der Waals surface area contributed by atoms with E-state index in [9.17, 15) is 0 Å². The standard InChI is InChI=1S/C20H28N4O3/c1-3-21-20(23-14-16-11-12-26-24-16)22-13-15-7-6-10-18(25-2)19(15)27-17-8-4-5-9-17/h6-7,10-12,17H,3-5,8-9,13-14H2,1-2H3,(H2,21,22,23). The zero-order chi connectivity index (χ0) is 18.9. The van der Waals surface area contributed by atoms with Crippen molar-refractivity contribution >= 4 is 5.96 Å². The molecule has 1 aromatic carbocycles. The molecule has 1 saturated carbocycles. The summed E-state index contributed by atoms with van der Waals surface area (Å²) in [5.74, 6) is 2.29. The monoisotopic (exact) mass is 372 g/mol. The van der Waals surface area contributed by atoms with Gasteiger partial charge in [0, 0.05) is 18.2 Å².